The third-order valence-electron chi connectivity index (χ3n) is 8.16. The van der Waals surface area contributed by atoms with Crippen molar-refractivity contribution >= 4 is 39.8 Å². The molecular formula is C31H38F3N9O5. The number of phenols is 1. The molecule has 2 aliphatic rings. The van der Waals surface area contributed by atoms with Crippen molar-refractivity contribution in [3.63, 3.8) is 0 Å². The molecule has 2 amide bonds. The molecule has 2 N–H and O–H groups in total. The number of nitrogens with zero attached hydrogens (tertiary/aromatic N) is 8. The molecule has 3 aromatic heterocycles. The first kappa shape index (κ1) is 34.3. The summed E-state index contributed by atoms with van der Waals surface area (Å²) in [5.41, 5.74) is 2.82. The number of aromatic hydroxyl groups is 1. The van der Waals surface area contributed by atoms with Gasteiger partial charge in [0.05, 0.1) is 0 Å². The van der Waals surface area contributed by atoms with E-state index in [1.807, 2.05) is 23.8 Å². The van der Waals surface area contributed by atoms with Gasteiger partial charge in [-0.3, -0.25) is 19.4 Å². The number of allylic oxidation sites excluding steroid dienone is 1. The summed E-state index contributed by atoms with van der Waals surface area (Å²) in [6.07, 6.45) is 0.347. The van der Waals surface area contributed by atoms with Gasteiger partial charge in [0, 0.05) is 57.6 Å². The number of rotatable bonds is 8. The van der Waals surface area contributed by atoms with Crippen molar-refractivity contribution in [1.82, 2.24) is 34.9 Å². The number of phenolic OH excluding ortho intramolecular Hbond substituents is 1. The van der Waals surface area contributed by atoms with Crippen LogP contribution in [0.25, 0.3) is 22.3 Å². The molecule has 0 spiro atoms. The van der Waals surface area contributed by atoms with Crippen molar-refractivity contribution in [2.45, 2.75) is 59.2 Å². The number of piperazine rings is 1. The van der Waals surface area contributed by atoms with Crippen LogP contribution in [0.1, 0.15) is 56.1 Å². The van der Waals surface area contributed by atoms with E-state index in [0.717, 1.165) is 25.9 Å². The van der Waals surface area contributed by atoms with E-state index in [1.54, 1.807) is 15.5 Å². The second-order valence-electron chi connectivity index (χ2n) is 11.6. The van der Waals surface area contributed by atoms with E-state index in [0.29, 0.717) is 67.3 Å². The zero-order chi connectivity index (χ0) is 34.7. The molecule has 0 radical (unpaired) electrons. The lowest BCUT2D eigenvalue weighted by Gasteiger charge is -2.37. The molecule has 6 rings (SSSR count). The van der Waals surface area contributed by atoms with Crippen molar-refractivity contribution in [2.24, 2.45) is 0 Å². The van der Waals surface area contributed by atoms with Gasteiger partial charge in [0.15, 0.2) is 23.1 Å². The molecule has 2 saturated heterocycles. The highest BCUT2D eigenvalue weighted by molar-refractivity contribution is 6.06. The number of nitrogens with one attached hydrogen (secondary N) is 1. The van der Waals surface area contributed by atoms with Crippen LogP contribution >= 0.6 is 0 Å². The summed E-state index contributed by atoms with van der Waals surface area (Å²) < 4.78 is 38.2. The number of fused-ring (bicyclic) bond motifs is 2. The van der Waals surface area contributed by atoms with E-state index in [-0.39, 0.29) is 53.1 Å². The van der Waals surface area contributed by atoms with Crippen LogP contribution < -0.4 is 20.7 Å². The van der Waals surface area contributed by atoms with E-state index in [2.05, 4.69) is 27.1 Å². The maximum atomic E-state index is 14.1. The largest absolute Gasteiger partial charge is 0.507 e. The summed E-state index contributed by atoms with van der Waals surface area (Å²) in [4.78, 5) is 49.8. The van der Waals surface area contributed by atoms with Crippen LogP contribution in [0.5, 0.6) is 5.75 Å². The molecule has 0 bridgehead atoms. The Bertz CT molecular complexity index is 1880. The second kappa shape index (κ2) is 13.9. The molecule has 0 atom stereocenters. The van der Waals surface area contributed by atoms with Gasteiger partial charge < -0.3 is 29.2 Å². The molecule has 4 aromatic rings. The number of halogens is 3. The van der Waals surface area contributed by atoms with Crippen molar-refractivity contribution in [3.05, 3.63) is 52.3 Å². The molecule has 17 heteroatoms. The summed E-state index contributed by atoms with van der Waals surface area (Å²) >= 11 is 0. The van der Waals surface area contributed by atoms with Crippen molar-refractivity contribution in [1.29, 1.82) is 0 Å². The first-order chi connectivity index (χ1) is 22.8. The number of carbonyl (C=O) groups is 2. The van der Waals surface area contributed by atoms with Crippen LogP contribution in [0, 0.1) is 0 Å². The van der Waals surface area contributed by atoms with Crippen LogP contribution in [-0.2, 0) is 17.8 Å². The number of oxazole rings is 1. The molecule has 0 unspecified atom stereocenters. The van der Waals surface area contributed by atoms with Crippen molar-refractivity contribution < 1.29 is 32.3 Å². The SMILES string of the molecule is C=C(CC)NC(=O)Cn1c(CC)c(N2CCN(C(=O)c3c(O)ccc4ncoc34)CC2)c(=O)c2nn(N3CCCC3)nc21.CC(F)(F)F. The van der Waals surface area contributed by atoms with Crippen molar-refractivity contribution in [2.75, 3.05) is 49.2 Å². The van der Waals surface area contributed by atoms with Gasteiger partial charge in [-0.05, 0) is 37.8 Å². The zero-order valence-electron chi connectivity index (χ0n) is 27.0. The van der Waals surface area contributed by atoms with Gasteiger partial charge >= 0.3 is 6.18 Å². The number of anilines is 1. The molecule has 1 aromatic carbocycles. The normalized spacial score (nSPS) is 15.2. The number of alkyl halides is 3. The first-order valence-corrected chi connectivity index (χ1v) is 15.7. The maximum Gasteiger partial charge on any atom is 0.386 e. The zero-order valence-corrected chi connectivity index (χ0v) is 27.0. The molecule has 2 fully saturated rings. The van der Waals surface area contributed by atoms with Gasteiger partial charge in [0.1, 0.15) is 29.1 Å². The highest BCUT2D eigenvalue weighted by Gasteiger charge is 2.31. The molecule has 5 heterocycles. The fourth-order valence-electron chi connectivity index (χ4n) is 5.86. The Morgan fingerprint density at radius 2 is 1.73 bits per heavy atom. The molecule has 258 valence electrons. The summed E-state index contributed by atoms with van der Waals surface area (Å²) in [5, 5.41) is 24.6. The predicted molar refractivity (Wildman–Crippen MR) is 171 cm³/mol. The fourth-order valence-corrected chi connectivity index (χ4v) is 5.86. The summed E-state index contributed by atoms with van der Waals surface area (Å²) in [6, 6.07) is 3.02. The molecule has 2 aliphatic heterocycles. The Balaban J connectivity index is 0.000000840. The average Bonchev–Trinajstić information content (AvgIpc) is 3.82. The van der Waals surface area contributed by atoms with E-state index in [4.69, 9.17) is 4.42 Å². The number of carbonyl (C=O) groups excluding carboxylic acids is 2. The van der Waals surface area contributed by atoms with Gasteiger partial charge in [-0.25, -0.2) is 4.98 Å². The first-order valence-electron chi connectivity index (χ1n) is 15.7. The summed E-state index contributed by atoms with van der Waals surface area (Å²) in [6.45, 7) is 10.8. The highest BCUT2D eigenvalue weighted by Crippen LogP contribution is 2.29. The van der Waals surface area contributed by atoms with E-state index in [1.165, 1.54) is 17.4 Å². The minimum absolute atomic E-state index is 0.0520. The Morgan fingerprint density at radius 3 is 2.35 bits per heavy atom. The average molecular weight is 674 g/mol. The molecule has 0 saturated carbocycles. The number of pyridine rings is 1. The lowest BCUT2D eigenvalue weighted by atomic mass is 10.1. The minimum atomic E-state index is -4.00. The van der Waals surface area contributed by atoms with Gasteiger partial charge in [-0.1, -0.05) is 25.3 Å². The van der Waals surface area contributed by atoms with Crippen LogP contribution in [0.3, 0.4) is 0 Å². The minimum Gasteiger partial charge on any atom is -0.507 e. The Labute approximate surface area is 273 Å². The highest BCUT2D eigenvalue weighted by atomic mass is 19.4. The third-order valence-corrected chi connectivity index (χ3v) is 8.16. The number of benzene rings is 1. The van der Waals surface area contributed by atoms with Crippen LogP contribution in [0.4, 0.5) is 18.9 Å². The lowest BCUT2D eigenvalue weighted by Crippen LogP contribution is -2.50. The maximum absolute atomic E-state index is 14.1. The molecule has 48 heavy (non-hydrogen) atoms. The van der Waals surface area contributed by atoms with Gasteiger partial charge in [0.2, 0.25) is 11.3 Å². The summed E-state index contributed by atoms with van der Waals surface area (Å²) in [7, 11) is 0. The predicted octanol–water partition coefficient (Wildman–Crippen LogP) is 3.30. The molecule has 0 aliphatic carbocycles. The van der Waals surface area contributed by atoms with Crippen molar-refractivity contribution in [3.8, 4) is 5.75 Å². The van der Waals surface area contributed by atoms with Crippen LogP contribution in [-0.4, -0.2) is 91.9 Å². The number of aromatic nitrogens is 5. The molecular weight excluding hydrogens is 635 g/mol. The number of hydrogen-bond donors (Lipinski definition) is 2. The second-order valence-corrected chi connectivity index (χ2v) is 11.6. The smallest absolute Gasteiger partial charge is 0.386 e. The monoisotopic (exact) mass is 673 g/mol. The summed E-state index contributed by atoms with van der Waals surface area (Å²) in [5.74, 6) is -0.808. The van der Waals surface area contributed by atoms with Gasteiger partial charge in [0.25, 0.3) is 5.91 Å². The van der Waals surface area contributed by atoms with E-state index < -0.39 is 6.18 Å². The Hall–Kier alpha value is -5.09. The van der Waals surface area contributed by atoms with Crippen LogP contribution in [0.15, 0.2) is 40.0 Å². The Morgan fingerprint density at radius 1 is 1.06 bits per heavy atom. The topological polar surface area (TPSA) is 155 Å². The van der Waals surface area contributed by atoms with E-state index in [9.17, 15) is 32.7 Å². The third kappa shape index (κ3) is 7.23. The lowest BCUT2D eigenvalue weighted by molar-refractivity contribution is -0.121. The van der Waals surface area contributed by atoms with Gasteiger partial charge in [-0.15, -0.1) is 10.2 Å². The van der Waals surface area contributed by atoms with E-state index >= 15 is 0 Å². The fraction of sp³-hybridized carbons (Fsp3) is 0.484. The number of amides is 2. The quantitative estimate of drug-likeness (QED) is 0.285. The number of hydrogen-bond acceptors (Lipinski definition) is 10. The molecule has 14 nitrogen and oxygen atoms in total. The van der Waals surface area contributed by atoms with Gasteiger partial charge in [-0.2, -0.15) is 13.2 Å². The standard InChI is InChI=1S/C29H35N9O5.C2H3F3/c1-4-18(3)31-22(40)16-37-20(5-2)25(26(41)24-28(37)33-38(32-24)36-10-6-7-11-36)34-12-14-35(15-13-34)29(42)23-21(39)9-8-19-27(23)43-17-30-19;1-2(3,4)5/h8-9,17,39H,3-7,10-16H2,1-2H3,(H,31,40);1H3. The van der Waals surface area contributed by atoms with Crippen LogP contribution in [0.2, 0.25) is 0 Å². The Kier molecular flexibility index (Phi) is 9.95.